The summed E-state index contributed by atoms with van der Waals surface area (Å²) in [6.07, 6.45) is 0. The predicted molar refractivity (Wildman–Crippen MR) is 67.0 cm³/mol. The first-order chi connectivity index (χ1) is 7.79. The quantitative estimate of drug-likeness (QED) is 0.736. The Morgan fingerprint density at radius 3 is 1.18 bits per heavy atom. The fourth-order valence-corrected chi connectivity index (χ4v) is 1.71. The largest absolute Gasteiger partial charge is 2.00 e. The van der Waals surface area contributed by atoms with Gasteiger partial charge in [0.1, 0.15) is 0 Å². The minimum Gasteiger partial charge on any atom is -0.672 e. The Morgan fingerprint density at radius 1 is 0.588 bits per heavy atom. The summed E-state index contributed by atoms with van der Waals surface area (Å²) < 4.78 is 0. The number of hydrogen-bond donors (Lipinski definition) is 0. The summed E-state index contributed by atoms with van der Waals surface area (Å²) >= 11 is 0. The Hall–Kier alpha value is -1.12. The van der Waals surface area contributed by atoms with Gasteiger partial charge in [-0.2, -0.15) is 0 Å². The van der Waals surface area contributed by atoms with Crippen molar-refractivity contribution in [1.82, 2.24) is 0 Å². The fourth-order valence-electron chi connectivity index (χ4n) is 1.71. The molecule has 0 amide bonds. The molecule has 2 aromatic rings. The maximum atomic E-state index is 8.07. The van der Waals surface area contributed by atoms with Crippen LogP contribution < -0.4 is 0 Å². The first kappa shape index (κ1) is 13.9. The van der Waals surface area contributed by atoms with Gasteiger partial charge in [-0.25, -0.2) is 0 Å². The van der Waals surface area contributed by atoms with Crippen molar-refractivity contribution in [2.45, 2.75) is 12.1 Å². The van der Waals surface area contributed by atoms with Gasteiger partial charge < -0.3 is 11.5 Å². The Bertz CT molecular complexity index is 387. The third kappa shape index (κ3) is 3.42. The second kappa shape index (κ2) is 6.57. The zero-order valence-electron chi connectivity index (χ0n) is 9.23. The van der Waals surface area contributed by atoms with Gasteiger partial charge >= 0.3 is 17.1 Å². The molecule has 0 spiro atoms. The van der Waals surface area contributed by atoms with Crippen molar-refractivity contribution in [2.75, 3.05) is 0 Å². The van der Waals surface area contributed by atoms with E-state index < -0.39 is 12.1 Å². The van der Waals surface area contributed by atoms with Gasteiger partial charge in [0.15, 0.2) is 0 Å². The molecule has 0 saturated heterocycles. The number of hydrogen-bond acceptors (Lipinski definition) is 0. The maximum Gasteiger partial charge on any atom is 2.00 e. The monoisotopic (exact) mass is 273 g/mol. The van der Waals surface area contributed by atoms with E-state index in [0.29, 0.717) is 0 Å². The molecule has 0 bridgehead atoms. The molecule has 0 aromatic heterocycles. The van der Waals surface area contributed by atoms with Gasteiger partial charge in [0.2, 0.25) is 0 Å². The average molecular weight is 274 g/mol. The van der Waals surface area contributed by atoms with E-state index in [1.165, 1.54) is 0 Å². The van der Waals surface area contributed by atoms with Gasteiger partial charge in [-0.05, 0) is 0 Å². The molecule has 2 atom stereocenters. The van der Waals surface area contributed by atoms with Crippen LogP contribution >= 0.6 is 0 Å². The molecular weight excluding hydrogens is 260 g/mol. The number of benzene rings is 2. The average Bonchev–Trinajstić information content (AvgIpc) is 2.39. The SMILES string of the molecule is [Cu+2].[NH-]C(c1ccccc1)C([NH-])c1ccccc1. The summed E-state index contributed by atoms with van der Waals surface area (Å²) in [4.78, 5) is 0. The Morgan fingerprint density at radius 2 is 0.882 bits per heavy atom. The Balaban J connectivity index is 0.00000144. The molecule has 3 heteroatoms. The van der Waals surface area contributed by atoms with Gasteiger partial charge in [-0.3, -0.25) is 0 Å². The topological polar surface area (TPSA) is 47.6 Å². The summed E-state index contributed by atoms with van der Waals surface area (Å²) in [7, 11) is 0. The van der Waals surface area contributed by atoms with Crippen molar-refractivity contribution in [1.29, 1.82) is 0 Å². The fraction of sp³-hybridized carbons (Fsp3) is 0.143. The van der Waals surface area contributed by atoms with E-state index >= 15 is 0 Å². The molecule has 91 valence electrons. The van der Waals surface area contributed by atoms with Gasteiger partial charge in [0, 0.05) is 0 Å². The summed E-state index contributed by atoms with van der Waals surface area (Å²) in [5.74, 6) is 0. The summed E-state index contributed by atoms with van der Waals surface area (Å²) in [5.41, 5.74) is 17.9. The molecule has 2 N–H and O–H groups in total. The van der Waals surface area contributed by atoms with Gasteiger partial charge in [0.25, 0.3) is 0 Å². The van der Waals surface area contributed by atoms with E-state index in [1.807, 2.05) is 60.7 Å². The minimum atomic E-state index is -0.524. The zero-order valence-corrected chi connectivity index (χ0v) is 10.2. The van der Waals surface area contributed by atoms with Gasteiger partial charge in [-0.1, -0.05) is 71.8 Å². The maximum absolute atomic E-state index is 8.07. The Kier molecular flexibility index (Phi) is 5.39. The summed E-state index contributed by atoms with van der Waals surface area (Å²) in [5, 5.41) is 0. The van der Waals surface area contributed by atoms with Crippen LogP contribution in [0.3, 0.4) is 0 Å². The standard InChI is InChI=1S/C14H14N2.Cu/c15-13(11-7-3-1-4-8-11)14(16)12-9-5-2-6-10-12;/h1-10,13-16H;/q-2;+2. The molecule has 0 aliphatic heterocycles. The minimum absolute atomic E-state index is 0. The molecule has 2 unspecified atom stereocenters. The molecule has 2 aromatic carbocycles. The van der Waals surface area contributed by atoms with Crippen LogP contribution in [-0.4, -0.2) is 0 Å². The molecule has 1 radical (unpaired) electrons. The van der Waals surface area contributed by atoms with Crippen molar-refractivity contribution in [3.63, 3.8) is 0 Å². The van der Waals surface area contributed by atoms with E-state index in [1.54, 1.807) is 0 Å². The van der Waals surface area contributed by atoms with E-state index in [4.69, 9.17) is 11.5 Å². The van der Waals surface area contributed by atoms with Crippen LogP contribution in [0.2, 0.25) is 0 Å². The third-order valence-corrected chi connectivity index (χ3v) is 2.65. The van der Waals surface area contributed by atoms with Gasteiger partial charge in [0.05, 0.1) is 0 Å². The molecule has 0 fully saturated rings. The number of nitrogens with one attached hydrogen (secondary N) is 2. The number of rotatable bonds is 3. The smallest absolute Gasteiger partial charge is 0.672 e. The van der Waals surface area contributed by atoms with Gasteiger partial charge in [-0.15, -0.1) is 12.1 Å². The second-order valence-corrected chi connectivity index (χ2v) is 3.78. The van der Waals surface area contributed by atoms with Crippen LogP contribution in [0.25, 0.3) is 11.5 Å². The first-order valence-electron chi connectivity index (χ1n) is 5.31. The molecule has 2 nitrogen and oxygen atoms in total. The molecule has 0 aliphatic carbocycles. The normalized spacial score (nSPS) is 13.5. The van der Waals surface area contributed by atoms with Crippen LogP contribution in [0.1, 0.15) is 23.2 Å². The summed E-state index contributed by atoms with van der Waals surface area (Å²) in [6.45, 7) is 0. The van der Waals surface area contributed by atoms with E-state index in [2.05, 4.69) is 0 Å². The van der Waals surface area contributed by atoms with Crippen LogP contribution in [0.15, 0.2) is 60.7 Å². The predicted octanol–water partition coefficient (Wildman–Crippen LogP) is 4.57. The van der Waals surface area contributed by atoms with Crippen LogP contribution in [-0.2, 0) is 17.1 Å². The second-order valence-electron chi connectivity index (χ2n) is 3.78. The molecule has 0 saturated carbocycles. The van der Waals surface area contributed by atoms with Crippen molar-refractivity contribution in [3.8, 4) is 0 Å². The molecule has 2 rings (SSSR count). The Labute approximate surface area is 112 Å². The molecule has 0 aliphatic rings. The molecule has 17 heavy (non-hydrogen) atoms. The van der Waals surface area contributed by atoms with Crippen LogP contribution in [0.4, 0.5) is 0 Å². The summed E-state index contributed by atoms with van der Waals surface area (Å²) in [6, 6.07) is 18.1. The van der Waals surface area contributed by atoms with E-state index in [9.17, 15) is 0 Å². The molecular formula is C14H14CuN2. The van der Waals surface area contributed by atoms with E-state index in [-0.39, 0.29) is 17.1 Å². The third-order valence-electron chi connectivity index (χ3n) is 2.65. The van der Waals surface area contributed by atoms with Crippen LogP contribution in [0, 0.1) is 0 Å². The molecule has 0 heterocycles. The van der Waals surface area contributed by atoms with E-state index in [0.717, 1.165) is 11.1 Å². The van der Waals surface area contributed by atoms with Crippen molar-refractivity contribution in [2.24, 2.45) is 0 Å². The zero-order chi connectivity index (χ0) is 11.4. The van der Waals surface area contributed by atoms with Crippen molar-refractivity contribution in [3.05, 3.63) is 83.3 Å². The first-order valence-corrected chi connectivity index (χ1v) is 5.31. The van der Waals surface area contributed by atoms with Crippen molar-refractivity contribution < 1.29 is 17.1 Å². The van der Waals surface area contributed by atoms with Crippen molar-refractivity contribution >= 4 is 0 Å². The van der Waals surface area contributed by atoms with Crippen LogP contribution in [0.5, 0.6) is 0 Å².